The molecule has 1 N–H and O–H groups in total. The second-order valence-electron chi connectivity index (χ2n) is 8.77. The summed E-state index contributed by atoms with van der Waals surface area (Å²) in [5.41, 5.74) is 0.308. The Morgan fingerprint density at radius 1 is 1.08 bits per heavy atom. The smallest absolute Gasteiger partial charge is 0.233 e. The van der Waals surface area contributed by atoms with E-state index in [9.17, 15) is 17.2 Å². The van der Waals surface area contributed by atoms with Gasteiger partial charge in [0.1, 0.15) is 10.7 Å². The summed E-state index contributed by atoms with van der Waals surface area (Å²) in [7, 11) is -3.44. The molecule has 0 spiro atoms. The van der Waals surface area contributed by atoms with Crippen molar-refractivity contribution in [3.8, 4) is 0 Å². The molecule has 37 heavy (non-hydrogen) atoms. The molecule has 13 heteroatoms. The van der Waals surface area contributed by atoms with Gasteiger partial charge in [0.2, 0.25) is 17.8 Å². The van der Waals surface area contributed by atoms with E-state index in [0.29, 0.717) is 56.1 Å². The lowest BCUT2D eigenvalue weighted by Crippen LogP contribution is -2.53. The van der Waals surface area contributed by atoms with Crippen LogP contribution >= 0.6 is 0 Å². The molecule has 1 aliphatic rings. The number of rotatable bonds is 8. The second kappa shape index (κ2) is 10.8. The number of piperazine rings is 1. The van der Waals surface area contributed by atoms with Gasteiger partial charge >= 0.3 is 0 Å². The van der Waals surface area contributed by atoms with E-state index in [1.165, 1.54) is 12.3 Å². The van der Waals surface area contributed by atoms with Crippen molar-refractivity contribution in [2.45, 2.75) is 31.7 Å². The van der Waals surface area contributed by atoms with Crippen LogP contribution in [0.2, 0.25) is 0 Å². The number of nitrogens with one attached hydrogen (secondary N) is 1. The zero-order valence-corrected chi connectivity index (χ0v) is 22.0. The van der Waals surface area contributed by atoms with E-state index in [4.69, 9.17) is 4.98 Å². The molecule has 1 saturated heterocycles. The summed E-state index contributed by atoms with van der Waals surface area (Å²) in [6.07, 6.45) is 2.76. The maximum absolute atomic E-state index is 13.8. The third-order valence-electron chi connectivity index (χ3n) is 6.17. The van der Waals surface area contributed by atoms with Crippen molar-refractivity contribution >= 4 is 39.2 Å². The van der Waals surface area contributed by atoms with Gasteiger partial charge in [-0.05, 0) is 45.0 Å². The Morgan fingerprint density at radius 3 is 2.49 bits per heavy atom. The lowest BCUT2D eigenvalue weighted by atomic mass is 10.2. The van der Waals surface area contributed by atoms with Gasteiger partial charge in [-0.2, -0.15) is 15.0 Å². The lowest BCUT2D eigenvalue weighted by Gasteiger charge is -2.41. The maximum atomic E-state index is 13.8. The molecule has 4 rings (SSSR count). The zero-order valence-electron chi connectivity index (χ0n) is 21.2. The number of sulfone groups is 1. The molecule has 198 valence electrons. The summed E-state index contributed by atoms with van der Waals surface area (Å²) in [6, 6.07) is 6.57. The Kier molecular flexibility index (Phi) is 7.71. The number of hydrogen-bond acceptors (Lipinski definition) is 10. The highest BCUT2D eigenvalue weighted by Crippen LogP contribution is 2.28. The molecule has 1 fully saturated rings. The Morgan fingerprint density at radius 2 is 1.84 bits per heavy atom. The van der Waals surface area contributed by atoms with Crippen LogP contribution in [0.25, 0.3) is 0 Å². The molecular weight excluding hydrogens is 502 g/mol. The van der Waals surface area contributed by atoms with Crippen LogP contribution in [-0.4, -0.2) is 73.4 Å². The average molecular weight is 533 g/mol. The fourth-order valence-corrected chi connectivity index (χ4v) is 5.08. The molecule has 1 atom stereocenters. The minimum atomic E-state index is -3.44. The largest absolute Gasteiger partial charge is 0.352 e. The van der Waals surface area contributed by atoms with Gasteiger partial charge in [-0.3, -0.25) is 0 Å². The van der Waals surface area contributed by atoms with Crippen molar-refractivity contribution in [2.24, 2.45) is 0 Å². The number of benzene rings is 1. The van der Waals surface area contributed by atoms with Gasteiger partial charge in [0, 0.05) is 63.0 Å². The van der Waals surface area contributed by atoms with E-state index >= 15 is 0 Å². The Bertz CT molecular complexity index is 1370. The quantitative estimate of drug-likeness (QED) is 0.465. The van der Waals surface area contributed by atoms with Gasteiger partial charge in [-0.25, -0.2) is 22.2 Å². The van der Waals surface area contributed by atoms with Crippen LogP contribution in [0, 0.1) is 11.6 Å². The molecule has 10 nitrogen and oxygen atoms in total. The number of halogens is 2. The molecule has 0 radical (unpaired) electrons. The van der Waals surface area contributed by atoms with E-state index in [0.717, 1.165) is 12.1 Å². The summed E-state index contributed by atoms with van der Waals surface area (Å²) in [4.78, 5) is 24.3. The predicted octanol–water partition coefficient (Wildman–Crippen LogP) is 3.25. The molecule has 0 bridgehead atoms. The van der Waals surface area contributed by atoms with Gasteiger partial charge in [0.05, 0.1) is 0 Å². The van der Waals surface area contributed by atoms with Crippen LogP contribution in [0.5, 0.6) is 0 Å². The Balaban J connectivity index is 1.64. The molecular formula is C24H30F2N8O2S. The number of hydrogen-bond donors (Lipinski definition) is 1. The molecule has 3 aromatic rings. The lowest BCUT2D eigenvalue weighted by molar-refractivity contribution is 0.509. The fraction of sp³-hybridized carbons (Fsp3) is 0.417. The predicted molar refractivity (Wildman–Crippen MR) is 139 cm³/mol. The summed E-state index contributed by atoms with van der Waals surface area (Å²) >= 11 is 0. The normalized spacial score (nSPS) is 16.1. The maximum Gasteiger partial charge on any atom is 0.233 e. The first-order valence-corrected chi connectivity index (χ1v) is 13.9. The molecule has 1 aliphatic heterocycles. The van der Waals surface area contributed by atoms with Gasteiger partial charge in [0.15, 0.2) is 21.5 Å². The van der Waals surface area contributed by atoms with Gasteiger partial charge in [-0.15, -0.1) is 0 Å². The van der Waals surface area contributed by atoms with E-state index in [2.05, 4.69) is 20.3 Å². The van der Waals surface area contributed by atoms with Crippen LogP contribution in [-0.2, 0) is 9.84 Å². The van der Waals surface area contributed by atoms with E-state index in [1.807, 2.05) is 35.5 Å². The highest BCUT2D eigenvalue weighted by atomic mass is 32.2. The third-order valence-corrected chi connectivity index (χ3v) is 7.29. The van der Waals surface area contributed by atoms with Crippen LogP contribution in [0.15, 0.2) is 41.4 Å². The summed E-state index contributed by atoms with van der Waals surface area (Å²) < 4.78 is 51.7. The Hall–Kier alpha value is -3.61. The summed E-state index contributed by atoms with van der Waals surface area (Å²) in [6.45, 7) is 8.82. The summed E-state index contributed by atoms with van der Waals surface area (Å²) in [5.74, 6) is -0.397. The summed E-state index contributed by atoms with van der Waals surface area (Å²) in [5, 5.41) is 2.96. The highest BCUT2D eigenvalue weighted by molar-refractivity contribution is 7.90. The number of anilines is 5. The van der Waals surface area contributed by atoms with Gasteiger partial charge in [0.25, 0.3) is 0 Å². The monoisotopic (exact) mass is 532 g/mol. The SMILES string of the molecule is CCN(CC)c1nc(Nc2ccc(F)c(F)c2)nc(N2CCN(c3ncccc3S(C)(=O)=O)C[C@H]2C)n1. The first kappa shape index (κ1) is 26.5. The van der Waals surface area contributed by atoms with Crippen molar-refractivity contribution in [1.82, 2.24) is 19.9 Å². The van der Waals surface area contributed by atoms with Crippen molar-refractivity contribution in [1.29, 1.82) is 0 Å². The number of pyridine rings is 1. The number of nitrogens with zero attached hydrogens (tertiary/aromatic N) is 7. The minimum Gasteiger partial charge on any atom is -0.352 e. The molecule has 0 aliphatic carbocycles. The molecule has 0 saturated carbocycles. The average Bonchev–Trinajstić information content (AvgIpc) is 2.86. The molecule has 3 heterocycles. The molecule has 1 aromatic carbocycles. The van der Waals surface area contributed by atoms with Gasteiger partial charge in [-0.1, -0.05) is 0 Å². The van der Waals surface area contributed by atoms with Crippen molar-refractivity contribution in [3.05, 3.63) is 48.2 Å². The Labute approximate surface area is 215 Å². The van der Waals surface area contributed by atoms with Crippen LogP contribution in [0.4, 0.5) is 38.1 Å². The topological polar surface area (TPSA) is 107 Å². The highest BCUT2D eigenvalue weighted by Gasteiger charge is 2.30. The minimum absolute atomic E-state index is 0.0914. The van der Waals surface area contributed by atoms with Crippen LogP contribution < -0.4 is 20.0 Å². The third kappa shape index (κ3) is 5.87. The molecule has 0 unspecified atom stereocenters. The van der Waals surface area contributed by atoms with Gasteiger partial charge < -0.3 is 20.0 Å². The van der Waals surface area contributed by atoms with E-state index in [-0.39, 0.29) is 16.9 Å². The molecule has 0 amide bonds. The standard InChI is InChI=1S/C24H30F2N8O2S/c1-5-32(6-2)23-29-22(28-17-9-10-18(25)19(26)14-17)30-24(31-23)34-13-12-33(15-16(34)3)21-20(37(4,35)36)8-7-11-27-21/h7-11,14,16H,5-6,12-13,15H2,1-4H3,(H,28,29,30,31)/t16-/m1/s1. The van der Waals surface area contributed by atoms with Crippen molar-refractivity contribution in [2.75, 3.05) is 59.0 Å². The molecule has 2 aromatic heterocycles. The van der Waals surface area contributed by atoms with Crippen molar-refractivity contribution < 1.29 is 17.2 Å². The first-order chi connectivity index (χ1) is 17.6. The van der Waals surface area contributed by atoms with E-state index < -0.39 is 21.5 Å². The first-order valence-electron chi connectivity index (χ1n) is 12.0. The fourth-order valence-electron chi connectivity index (χ4n) is 4.25. The van der Waals surface area contributed by atoms with Crippen molar-refractivity contribution in [3.63, 3.8) is 0 Å². The second-order valence-corrected chi connectivity index (χ2v) is 10.8. The van der Waals surface area contributed by atoms with E-state index in [1.54, 1.807) is 18.3 Å². The zero-order chi connectivity index (χ0) is 26.7. The number of aromatic nitrogens is 4. The van der Waals surface area contributed by atoms with Crippen LogP contribution in [0.1, 0.15) is 20.8 Å². The van der Waals surface area contributed by atoms with Crippen LogP contribution in [0.3, 0.4) is 0 Å².